The van der Waals surface area contributed by atoms with Crippen LogP contribution in [0.25, 0.3) is 0 Å². The zero-order valence-electron chi connectivity index (χ0n) is 19.1. The number of nitrogens with zero attached hydrogens (tertiary/aromatic N) is 2. The summed E-state index contributed by atoms with van der Waals surface area (Å²) in [7, 11) is 0. The number of piperidine rings is 1. The number of carbonyl (C=O) groups is 2. The molecule has 7 nitrogen and oxygen atoms in total. The number of amides is 2. The number of likely N-dealkylation sites (tertiary alicyclic amines) is 1. The van der Waals surface area contributed by atoms with Crippen molar-refractivity contribution in [2.45, 2.75) is 69.9 Å². The van der Waals surface area contributed by atoms with Gasteiger partial charge in [-0.05, 0) is 49.3 Å². The Kier molecular flexibility index (Phi) is 6.38. The number of hydrogen-bond donors (Lipinski definition) is 1. The van der Waals surface area contributed by atoms with Gasteiger partial charge in [0.05, 0.1) is 6.26 Å². The van der Waals surface area contributed by atoms with E-state index in [1.165, 1.54) is 6.42 Å². The van der Waals surface area contributed by atoms with E-state index in [0.717, 1.165) is 43.6 Å². The third kappa shape index (κ3) is 4.92. The number of pyridine rings is 1. The summed E-state index contributed by atoms with van der Waals surface area (Å²) < 4.78 is 7.39. The first-order valence-electron chi connectivity index (χ1n) is 12.4. The molecule has 5 rings (SSSR count). The third-order valence-corrected chi connectivity index (χ3v) is 7.70. The zero-order chi connectivity index (χ0) is 22.8. The van der Waals surface area contributed by atoms with E-state index < -0.39 is 0 Å². The van der Waals surface area contributed by atoms with Crippen molar-refractivity contribution in [2.75, 3.05) is 13.1 Å². The number of carbonyl (C=O) groups excluding carboxylic acids is 2. The van der Waals surface area contributed by atoms with Crippen LogP contribution in [0.5, 0.6) is 0 Å². The van der Waals surface area contributed by atoms with E-state index in [1.807, 2.05) is 33.7 Å². The van der Waals surface area contributed by atoms with E-state index >= 15 is 0 Å². The first-order chi connectivity index (χ1) is 16.1. The Bertz CT molecular complexity index is 1040. The second-order valence-electron chi connectivity index (χ2n) is 10.00. The van der Waals surface area contributed by atoms with Gasteiger partial charge in [-0.2, -0.15) is 0 Å². The molecular weight excluding hydrogens is 418 g/mol. The molecule has 4 unspecified atom stereocenters. The molecule has 7 heteroatoms. The summed E-state index contributed by atoms with van der Waals surface area (Å²) in [6, 6.07) is 9.47. The quantitative estimate of drug-likeness (QED) is 0.732. The van der Waals surface area contributed by atoms with Crippen molar-refractivity contribution >= 4 is 11.8 Å². The topological polar surface area (TPSA) is 84.5 Å². The largest absolute Gasteiger partial charge is 0.469 e. The van der Waals surface area contributed by atoms with Gasteiger partial charge in [0.2, 0.25) is 11.8 Å². The molecule has 2 aliphatic heterocycles. The van der Waals surface area contributed by atoms with E-state index in [0.29, 0.717) is 31.5 Å². The molecule has 1 N–H and O–H groups in total. The molecule has 2 aromatic heterocycles. The smallest absolute Gasteiger partial charge is 0.250 e. The summed E-state index contributed by atoms with van der Waals surface area (Å²) in [6.07, 6.45) is 8.41. The second-order valence-corrected chi connectivity index (χ2v) is 10.00. The van der Waals surface area contributed by atoms with Crippen LogP contribution in [0.3, 0.4) is 0 Å². The van der Waals surface area contributed by atoms with Crippen LogP contribution in [0.2, 0.25) is 0 Å². The Morgan fingerprint density at radius 2 is 1.91 bits per heavy atom. The molecule has 2 aromatic rings. The van der Waals surface area contributed by atoms with Crippen LogP contribution in [-0.2, 0) is 22.6 Å². The maximum atomic E-state index is 12.9. The molecule has 0 spiro atoms. The van der Waals surface area contributed by atoms with E-state index in [-0.39, 0.29) is 42.2 Å². The van der Waals surface area contributed by atoms with Gasteiger partial charge in [-0.15, -0.1) is 0 Å². The Labute approximate surface area is 194 Å². The van der Waals surface area contributed by atoms with Crippen LogP contribution < -0.4 is 10.9 Å². The van der Waals surface area contributed by atoms with Crippen molar-refractivity contribution in [2.24, 2.45) is 11.8 Å². The second kappa shape index (κ2) is 9.57. The summed E-state index contributed by atoms with van der Waals surface area (Å²) in [6.45, 7) is 1.98. The standard InChI is InChI=1S/C26H33N3O4/c30-24(27-22-7-2-1-5-19(22)14-21-6-4-12-33-21)10-11-25(31)28-15-18-13-20(17-28)23-8-3-9-26(32)29(23)16-18/h3-4,6,8-9,12,18-20,22H,1-2,5,7,10-11,13-17H2,(H,27,30). The molecule has 2 amide bonds. The van der Waals surface area contributed by atoms with Crippen molar-refractivity contribution in [3.63, 3.8) is 0 Å². The monoisotopic (exact) mass is 451 g/mol. The summed E-state index contributed by atoms with van der Waals surface area (Å²) in [4.78, 5) is 39.8. The van der Waals surface area contributed by atoms with Crippen LogP contribution in [-0.4, -0.2) is 40.4 Å². The number of rotatable bonds is 6. The minimum Gasteiger partial charge on any atom is -0.469 e. The molecule has 1 aliphatic carbocycles. The number of furan rings is 1. The molecule has 4 atom stereocenters. The van der Waals surface area contributed by atoms with E-state index in [1.54, 1.807) is 12.3 Å². The molecule has 33 heavy (non-hydrogen) atoms. The molecule has 4 heterocycles. The van der Waals surface area contributed by atoms with E-state index in [4.69, 9.17) is 4.42 Å². The number of nitrogens with one attached hydrogen (secondary N) is 1. The normalized spacial score (nSPS) is 26.5. The number of hydrogen-bond acceptors (Lipinski definition) is 4. The van der Waals surface area contributed by atoms with Crippen LogP contribution in [0.15, 0.2) is 45.8 Å². The maximum Gasteiger partial charge on any atom is 0.250 e. The highest BCUT2D eigenvalue weighted by molar-refractivity contribution is 5.84. The fraction of sp³-hybridized carbons (Fsp3) is 0.577. The molecule has 0 aromatic carbocycles. The van der Waals surface area contributed by atoms with Crippen molar-refractivity contribution < 1.29 is 14.0 Å². The lowest BCUT2D eigenvalue weighted by Crippen LogP contribution is -2.49. The first-order valence-corrected chi connectivity index (χ1v) is 12.4. The molecule has 1 saturated heterocycles. The fourth-order valence-corrected chi connectivity index (χ4v) is 6.09. The van der Waals surface area contributed by atoms with Crippen LogP contribution in [0, 0.1) is 11.8 Å². The SMILES string of the molecule is O=C(CCC(=O)N1CC2CC(C1)c1cccc(=O)n1C2)NC1CCCCC1Cc1ccco1. The first kappa shape index (κ1) is 22.0. The average molecular weight is 452 g/mol. The lowest BCUT2D eigenvalue weighted by atomic mass is 9.81. The molecule has 176 valence electrons. The zero-order valence-corrected chi connectivity index (χ0v) is 19.1. The van der Waals surface area contributed by atoms with Gasteiger partial charge in [0, 0.05) is 62.6 Å². The Hall–Kier alpha value is -2.83. The minimum atomic E-state index is -0.0335. The van der Waals surface area contributed by atoms with Crippen molar-refractivity contribution in [1.29, 1.82) is 0 Å². The van der Waals surface area contributed by atoms with E-state index in [2.05, 4.69) is 5.32 Å². The molecule has 3 aliphatic rings. The molecular formula is C26H33N3O4. The number of aromatic nitrogens is 1. The Morgan fingerprint density at radius 1 is 1.03 bits per heavy atom. The van der Waals surface area contributed by atoms with Crippen LogP contribution >= 0.6 is 0 Å². The summed E-state index contributed by atoms with van der Waals surface area (Å²) in [5, 5.41) is 3.21. The van der Waals surface area contributed by atoms with Gasteiger partial charge < -0.3 is 19.2 Å². The fourth-order valence-electron chi connectivity index (χ4n) is 6.09. The van der Waals surface area contributed by atoms with Crippen LogP contribution in [0.1, 0.15) is 62.3 Å². The lowest BCUT2D eigenvalue weighted by Gasteiger charge is -2.42. The molecule has 2 fully saturated rings. The van der Waals surface area contributed by atoms with Gasteiger partial charge in [0.25, 0.3) is 5.56 Å². The lowest BCUT2D eigenvalue weighted by molar-refractivity contribution is -0.136. The van der Waals surface area contributed by atoms with Gasteiger partial charge in [0.15, 0.2) is 0 Å². The predicted molar refractivity (Wildman–Crippen MR) is 124 cm³/mol. The summed E-state index contributed by atoms with van der Waals surface area (Å²) in [5.74, 6) is 1.87. The van der Waals surface area contributed by atoms with Crippen LogP contribution in [0.4, 0.5) is 0 Å². The van der Waals surface area contributed by atoms with Gasteiger partial charge in [-0.1, -0.05) is 18.9 Å². The van der Waals surface area contributed by atoms with Crippen molar-refractivity contribution in [3.05, 3.63) is 58.4 Å². The Balaban J connectivity index is 1.13. The highest BCUT2D eigenvalue weighted by atomic mass is 16.3. The predicted octanol–water partition coefficient (Wildman–Crippen LogP) is 3.08. The minimum absolute atomic E-state index is 0.0335. The molecule has 2 bridgehead atoms. The van der Waals surface area contributed by atoms with Gasteiger partial charge >= 0.3 is 0 Å². The highest BCUT2D eigenvalue weighted by Crippen LogP contribution is 2.35. The highest BCUT2D eigenvalue weighted by Gasteiger charge is 2.36. The number of fused-ring (bicyclic) bond motifs is 4. The molecule has 1 saturated carbocycles. The average Bonchev–Trinajstić information content (AvgIpc) is 3.32. The van der Waals surface area contributed by atoms with Gasteiger partial charge in [-0.3, -0.25) is 14.4 Å². The van der Waals surface area contributed by atoms with Gasteiger partial charge in [-0.25, -0.2) is 0 Å². The Morgan fingerprint density at radius 3 is 2.76 bits per heavy atom. The third-order valence-electron chi connectivity index (χ3n) is 7.70. The van der Waals surface area contributed by atoms with Crippen molar-refractivity contribution in [1.82, 2.24) is 14.8 Å². The summed E-state index contributed by atoms with van der Waals surface area (Å²) in [5.41, 5.74) is 1.08. The molecule has 0 radical (unpaired) electrons. The van der Waals surface area contributed by atoms with Gasteiger partial charge in [0.1, 0.15) is 5.76 Å². The van der Waals surface area contributed by atoms with E-state index in [9.17, 15) is 14.4 Å². The van der Waals surface area contributed by atoms with Crippen molar-refractivity contribution in [3.8, 4) is 0 Å². The summed E-state index contributed by atoms with van der Waals surface area (Å²) >= 11 is 0. The maximum absolute atomic E-state index is 12.9.